The third-order valence-corrected chi connectivity index (χ3v) is 2.87. The number of amides is 1. The summed E-state index contributed by atoms with van der Waals surface area (Å²) in [4.78, 5) is 20.8. The Morgan fingerprint density at radius 1 is 1.18 bits per heavy atom. The van der Waals surface area contributed by atoms with Gasteiger partial charge in [0.15, 0.2) is 10.5 Å². The second kappa shape index (κ2) is 6.45. The first-order valence-electron chi connectivity index (χ1n) is 5.71. The van der Waals surface area contributed by atoms with Gasteiger partial charge in [0.2, 0.25) is 0 Å². The Labute approximate surface area is 132 Å². The van der Waals surface area contributed by atoms with Gasteiger partial charge in [0.25, 0.3) is 5.91 Å². The summed E-state index contributed by atoms with van der Waals surface area (Å²) in [6.07, 6.45) is -0.894. The van der Waals surface area contributed by atoms with Gasteiger partial charge < -0.3 is 5.32 Å². The highest BCUT2D eigenvalue weighted by atomic mass is 35.5. The molecule has 0 spiro atoms. The summed E-state index contributed by atoms with van der Waals surface area (Å²) in [5.41, 5.74) is -1.49. The Hall–Kier alpha value is -1.93. The molecule has 10 heteroatoms. The van der Waals surface area contributed by atoms with Crippen LogP contribution in [0.1, 0.15) is 5.69 Å². The molecule has 0 aliphatic carbocycles. The van der Waals surface area contributed by atoms with Crippen molar-refractivity contribution in [2.45, 2.75) is 11.0 Å². The zero-order valence-electron chi connectivity index (χ0n) is 10.6. The number of aromatic nitrogens is 3. The summed E-state index contributed by atoms with van der Waals surface area (Å²) in [5.74, 6) is -0.980. The summed E-state index contributed by atoms with van der Waals surface area (Å²) in [6.45, 7) is 0. The molecule has 0 atom stereocenters. The number of carbonyl (C=O) groups is 1. The Morgan fingerprint density at radius 3 is 2.36 bits per heavy atom. The van der Waals surface area contributed by atoms with Crippen molar-refractivity contribution in [3.05, 3.63) is 36.5 Å². The summed E-state index contributed by atoms with van der Waals surface area (Å²) >= 11 is 10.6. The van der Waals surface area contributed by atoms with Crippen molar-refractivity contribution in [2.24, 2.45) is 0 Å². The number of nitrogens with one attached hydrogen (secondary N) is 1. The summed E-state index contributed by atoms with van der Waals surface area (Å²) in [6, 6.07) is 2.35. The quantitative estimate of drug-likeness (QED) is 0.862. The molecule has 0 bridgehead atoms. The molecule has 0 aliphatic rings. The van der Waals surface area contributed by atoms with Crippen LogP contribution in [-0.2, 0) is 11.0 Å². The van der Waals surface area contributed by atoms with Gasteiger partial charge in [-0.25, -0.2) is 15.0 Å². The van der Waals surface area contributed by atoms with E-state index in [0.29, 0.717) is 5.56 Å². The topological polar surface area (TPSA) is 67.8 Å². The molecule has 0 saturated heterocycles. The van der Waals surface area contributed by atoms with Gasteiger partial charge in [-0.2, -0.15) is 13.2 Å². The first-order valence-corrected chi connectivity index (χ1v) is 6.59. The SMILES string of the molecule is O=C(Nc1ccc(-c2cncnc2)nc1C(F)(F)F)C(Cl)Cl. The Morgan fingerprint density at radius 2 is 1.82 bits per heavy atom. The van der Waals surface area contributed by atoms with Crippen LogP contribution in [-0.4, -0.2) is 25.7 Å². The van der Waals surface area contributed by atoms with Crippen LogP contribution < -0.4 is 5.32 Å². The fourth-order valence-corrected chi connectivity index (χ4v) is 1.66. The molecule has 116 valence electrons. The van der Waals surface area contributed by atoms with Crippen molar-refractivity contribution < 1.29 is 18.0 Å². The van der Waals surface area contributed by atoms with E-state index in [1.54, 1.807) is 0 Å². The molecule has 0 radical (unpaired) electrons. The molecule has 1 N–H and O–H groups in total. The minimum atomic E-state index is -4.78. The minimum Gasteiger partial charge on any atom is -0.322 e. The minimum absolute atomic E-state index is 0.0132. The molecule has 22 heavy (non-hydrogen) atoms. The Bertz CT molecular complexity index is 680. The third kappa shape index (κ3) is 3.83. The predicted molar refractivity (Wildman–Crippen MR) is 74.4 cm³/mol. The normalized spacial score (nSPS) is 11.5. The lowest BCUT2D eigenvalue weighted by Gasteiger charge is -2.14. The van der Waals surface area contributed by atoms with Crippen LogP contribution in [0, 0.1) is 0 Å². The second-order valence-corrected chi connectivity index (χ2v) is 5.10. The molecule has 0 unspecified atom stereocenters. The van der Waals surface area contributed by atoms with Gasteiger partial charge in [0, 0.05) is 18.0 Å². The molecule has 5 nitrogen and oxygen atoms in total. The third-order valence-electron chi connectivity index (χ3n) is 2.48. The summed E-state index contributed by atoms with van der Waals surface area (Å²) in [5, 5.41) is 1.98. The highest BCUT2D eigenvalue weighted by Crippen LogP contribution is 2.35. The van der Waals surface area contributed by atoms with Crippen LogP contribution in [0.25, 0.3) is 11.3 Å². The standard InChI is InChI=1S/C12H7Cl2F3N4O/c13-10(14)11(22)21-8-2-1-7(6-3-18-5-19-4-6)20-9(8)12(15,16)17/h1-5,10H,(H,21,22). The Kier molecular flexibility index (Phi) is 4.82. The average Bonchev–Trinajstić information content (AvgIpc) is 2.47. The van der Waals surface area contributed by atoms with Crippen LogP contribution in [0.4, 0.5) is 18.9 Å². The number of halogens is 5. The molecule has 2 aromatic rings. The summed E-state index contributed by atoms with van der Waals surface area (Å²) < 4.78 is 39.3. The second-order valence-electron chi connectivity index (χ2n) is 4.01. The van der Waals surface area contributed by atoms with Crippen molar-refractivity contribution in [2.75, 3.05) is 5.32 Å². The molecular formula is C12H7Cl2F3N4O. The zero-order chi connectivity index (χ0) is 16.3. The van der Waals surface area contributed by atoms with Crippen LogP contribution in [0.3, 0.4) is 0 Å². The van der Waals surface area contributed by atoms with E-state index in [2.05, 4.69) is 15.0 Å². The van der Waals surface area contributed by atoms with Crippen LogP contribution >= 0.6 is 23.2 Å². The number of nitrogens with zero attached hydrogens (tertiary/aromatic N) is 3. The lowest BCUT2D eigenvalue weighted by atomic mass is 10.2. The highest BCUT2D eigenvalue weighted by molar-refractivity contribution is 6.54. The van der Waals surface area contributed by atoms with Gasteiger partial charge in [-0.15, -0.1) is 0 Å². The fourth-order valence-electron chi connectivity index (χ4n) is 1.56. The fraction of sp³-hybridized carbons (Fsp3) is 0.167. The van der Waals surface area contributed by atoms with Crippen molar-refractivity contribution >= 4 is 34.8 Å². The predicted octanol–water partition coefficient (Wildman–Crippen LogP) is 3.30. The number of hydrogen-bond donors (Lipinski definition) is 1. The summed E-state index contributed by atoms with van der Waals surface area (Å²) in [7, 11) is 0. The van der Waals surface area contributed by atoms with Gasteiger partial charge in [0.1, 0.15) is 6.33 Å². The average molecular weight is 351 g/mol. The molecule has 2 heterocycles. The van der Waals surface area contributed by atoms with Crippen LogP contribution in [0.2, 0.25) is 0 Å². The lowest BCUT2D eigenvalue weighted by molar-refractivity contribution is -0.140. The van der Waals surface area contributed by atoms with E-state index in [4.69, 9.17) is 23.2 Å². The number of alkyl halides is 5. The molecule has 1 amide bonds. The van der Waals surface area contributed by atoms with E-state index >= 15 is 0 Å². The molecule has 0 aliphatic heterocycles. The van der Waals surface area contributed by atoms with Gasteiger partial charge in [-0.3, -0.25) is 4.79 Å². The van der Waals surface area contributed by atoms with E-state index in [0.717, 1.165) is 6.07 Å². The van der Waals surface area contributed by atoms with Crippen molar-refractivity contribution in [3.8, 4) is 11.3 Å². The maximum Gasteiger partial charge on any atom is 0.435 e. The number of pyridine rings is 1. The molecular weight excluding hydrogens is 344 g/mol. The molecule has 2 rings (SSSR count). The van der Waals surface area contributed by atoms with E-state index < -0.39 is 28.3 Å². The molecule has 0 fully saturated rings. The number of hydrogen-bond acceptors (Lipinski definition) is 4. The zero-order valence-corrected chi connectivity index (χ0v) is 12.1. The first-order chi connectivity index (χ1) is 10.3. The van der Waals surface area contributed by atoms with Crippen molar-refractivity contribution in [1.29, 1.82) is 0 Å². The molecule has 2 aromatic heterocycles. The van der Waals surface area contributed by atoms with Gasteiger partial charge in [-0.1, -0.05) is 23.2 Å². The van der Waals surface area contributed by atoms with E-state index in [9.17, 15) is 18.0 Å². The van der Waals surface area contributed by atoms with E-state index in [1.165, 1.54) is 24.8 Å². The van der Waals surface area contributed by atoms with Crippen molar-refractivity contribution in [1.82, 2.24) is 15.0 Å². The number of carbonyl (C=O) groups excluding carboxylic acids is 1. The van der Waals surface area contributed by atoms with E-state index in [-0.39, 0.29) is 5.69 Å². The Balaban J connectivity index is 2.46. The lowest BCUT2D eigenvalue weighted by Crippen LogP contribution is -2.22. The van der Waals surface area contributed by atoms with E-state index in [1.807, 2.05) is 5.32 Å². The number of anilines is 1. The molecule has 0 aromatic carbocycles. The first kappa shape index (κ1) is 16.4. The monoisotopic (exact) mass is 350 g/mol. The maximum absolute atomic E-state index is 13.1. The van der Waals surface area contributed by atoms with Crippen molar-refractivity contribution in [3.63, 3.8) is 0 Å². The maximum atomic E-state index is 13.1. The highest BCUT2D eigenvalue weighted by Gasteiger charge is 2.36. The number of rotatable bonds is 3. The van der Waals surface area contributed by atoms with Crippen LogP contribution in [0.5, 0.6) is 0 Å². The van der Waals surface area contributed by atoms with Crippen LogP contribution in [0.15, 0.2) is 30.9 Å². The van der Waals surface area contributed by atoms with Gasteiger partial charge in [0.05, 0.1) is 11.4 Å². The smallest absolute Gasteiger partial charge is 0.322 e. The largest absolute Gasteiger partial charge is 0.435 e. The molecule has 0 saturated carbocycles. The van der Waals surface area contributed by atoms with Gasteiger partial charge >= 0.3 is 6.18 Å². The van der Waals surface area contributed by atoms with Gasteiger partial charge in [-0.05, 0) is 12.1 Å².